The van der Waals surface area contributed by atoms with E-state index in [2.05, 4.69) is 36.8 Å². The van der Waals surface area contributed by atoms with Crippen molar-refractivity contribution in [1.82, 2.24) is 14.1 Å². The zero-order chi connectivity index (χ0) is 40.1. The predicted molar refractivity (Wildman–Crippen MR) is 201 cm³/mol. The van der Waals surface area contributed by atoms with Crippen LogP contribution in [0.2, 0.25) is 0 Å². The first-order chi connectivity index (χ1) is 25.2. The summed E-state index contributed by atoms with van der Waals surface area (Å²) in [6.07, 6.45) is -2.24. The SMILES string of the molecule is CC1(C)OB(c2cc(F)cc3c2ccn3CC(F)F)OC1(C)C.CCC(F)F.Fc1cc(Br)c2cc[nH]c2c1.Fc1cc(Br)c2ccn(CC(F)F)c2c1. The molecule has 0 atom stereocenters. The van der Waals surface area contributed by atoms with Crippen LogP contribution in [0.15, 0.2) is 82.1 Å². The third-order valence-corrected chi connectivity index (χ3v) is 10.1. The molecule has 0 saturated carbocycles. The van der Waals surface area contributed by atoms with Crippen LogP contribution >= 0.6 is 31.9 Å². The first-order valence-corrected chi connectivity index (χ1v) is 18.2. The Hall–Kier alpha value is -3.41. The highest BCUT2D eigenvalue weighted by Gasteiger charge is 2.52. The largest absolute Gasteiger partial charge is 0.495 e. The molecule has 0 amide bonds. The van der Waals surface area contributed by atoms with Crippen LogP contribution in [-0.4, -0.2) is 51.7 Å². The molecule has 0 unspecified atom stereocenters. The van der Waals surface area contributed by atoms with Crippen LogP contribution in [0.5, 0.6) is 0 Å². The van der Waals surface area contributed by atoms with E-state index in [0.717, 1.165) is 20.8 Å². The number of H-pyrrole nitrogens is 1. The summed E-state index contributed by atoms with van der Waals surface area (Å²) in [6.45, 7) is 8.19. The van der Waals surface area contributed by atoms with Gasteiger partial charge in [0.15, 0.2) is 0 Å². The highest BCUT2D eigenvalue weighted by molar-refractivity contribution is 9.11. The van der Waals surface area contributed by atoms with E-state index in [1.54, 1.807) is 18.3 Å². The van der Waals surface area contributed by atoms with Gasteiger partial charge < -0.3 is 23.4 Å². The number of hydrogen-bond acceptors (Lipinski definition) is 2. The normalized spacial score (nSPS) is 14.8. The van der Waals surface area contributed by atoms with Crippen LogP contribution < -0.4 is 5.46 Å². The highest BCUT2D eigenvalue weighted by Crippen LogP contribution is 2.37. The highest BCUT2D eigenvalue weighted by atomic mass is 79.9. The third kappa shape index (κ3) is 10.7. The second-order valence-corrected chi connectivity index (χ2v) is 14.9. The minimum absolute atomic E-state index is 0.0278. The molecular weight excluding hydrogens is 860 g/mol. The molecule has 54 heavy (non-hydrogen) atoms. The molecule has 0 aliphatic carbocycles. The van der Waals surface area contributed by atoms with Crippen LogP contribution in [0.25, 0.3) is 32.7 Å². The molecular formula is C37H37BBr2F9N3O2. The van der Waals surface area contributed by atoms with Crippen LogP contribution in [0.3, 0.4) is 0 Å². The van der Waals surface area contributed by atoms with Crippen molar-refractivity contribution < 1.29 is 48.8 Å². The van der Waals surface area contributed by atoms with Crippen LogP contribution in [0, 0.1) is 17.5 Å². The van der Waals surface area contributed by atoms with Gasteiger partial charge >= 0.3 is 7.12 Å². The fraction of sp³-hybridized carbons (Fsp3) is 0.351. The van der Waals surface area contributed by atoms with Crippen LogP contribution in [0.1, 0.15) is 41.0 Å². The van der Waals surface area contributed by atoms with Crippen molar-refractivity contribution in [3.63, 3.8) is 0 Å². The van der Waals surface area contributed by atoms with Gasteiger partial charge in [-0.3, -0.25) is 0 Å². The molecule has 0 spiro atoms. The summed E-state index contributed by atoms with van der Waals surface area (Å²) in [6, 6.07) is 13.4. The summed E-state index contributed by atoms with van der Waals surface area (Å²) in [4.78, 5) is 2.93. The van der Waals surface area contributed by atoms with E-state index in [9.17, 15) is 39.5 Å². The molecule has 5 nitrogen and oxygen atoms in total. The van der Waals surface area contributed by atoms with Crippen molar-refractivity contribution in [2.75, 3.05) is 0 Å². The molecule has 1 saturated heterocycles. The van der Waals surface area contributed by atoms with Gasteiger partial charge in [0.2, 0.25) is 6.43 Å². The van der Waals surface area contributed by atoms with Gasteiger partial charge in [-0.05, 0) is 125 Å². The van der Waals surface area contributed by atoms with Crippen LogP contribution in [0.4, 0.5) is 39.5 Å². The molecule has 4 heterocycles. The molecule has 17 heteroatoms. The van der Waals surface area contributed by atoms with E-state index in [1.165, 1.54) is 64.8 Å². The monoisotopic (exact) mass is 895 g/mol. The summed E-state index contributed by atoms with van der Waals surface area (Å²) in [7, 11) is -0.736. The number of rotatable bonds is 6. The van der Waals surface area contributed by atoms with Crippen molar-refractivity contribution in [2.45, 2.75) is 84.6 Å². The lowest BCUT2D eigenvalue weighted by atomic mass is 9.77. The number of aromatic nitrogens is 3. The Bertz CT molecular complexity index is 2150. The molecule has 1 fully saturated rings. The molecule has 0 bridgehead atoms. The number of hydrogen-bond donors (Lipinski definition) is 1. The van der Waals surface area contributed by atoms with E-state index >= 15 is 0 Å². The van der Waals surface area contributed by atoms with E-state index in [1.807, 2.05) is 33.8 Å². The molecule has 1 aliphatic rings. The second kappa shape index (κ2) is 18.0. The molecule has 7 rings (SSSR count). The smallest absolute Gasteiger partial charge is 0.399 e. The zero-order valence-corrected chi connectivity index (χ0v) is 32.9. The molecule has 3 aromatic carbocycles. The maximum Gasteiger partial charge on any atom is 0.495 e. The van der Waals surface area contributed by atoms with Crippen LogP contribution in [-0.2, 0) is 22.4 Å². The zero-order valence-electron chi connectivity index (χ0n) is 29.7. The Kier molecular flexibility index (Phi) is 14.5. The number of aromatic amines is 1. The third-order valence-electron chi connectivity index (χ3n) is 8.76. The summed E-state index contributed by atoms with van der Waals surface area (Å²) >= 11 is 6.45. The summed E-state index contributed by atoms with van der Waals surface area (Å²) < 4.78 is 127. The first kappa shape index (κ1) is 43.3. The molecule has 6 aromatic rings. The number of alkyl halides is 6. The number of halogens is 11. The maximum absolute atomic E-state index is 14.0. The summed E-state index contributed by atoms with van der Waals surface area (Å²) in [5, 5.41) is 2.40. The van der Waals surface area contributed by atoms with Gasteiger partial charge in [-0.1, -0.05) is 6.92 Å². The molecule has 0 radical (unpaired) electrons. The average Bonchev–Trinajstić information content (AvgIpc) is 3.83. The first-order valence-electron chi connectivity index (χ1n) is 16.6. The van der Waals surface area contributed by atoms with E-state index in [4.69, 9.17) is 9.31 Å². The minimum atomic E-state index is -2.51. The van der Waals surface area contributed by atoms with Crippen molar-refractivity contribution in [2.24, 2.45) is 0 Å². The van der Waals surface area contributed by atoms with Gasteiger partial charge in [0.05, 0.1) is 35.3 Å². The van der Waals surface area contributed by atoms with Crippen molar-refractivity contribution in [3.05, 3.63) is 99.6 Å². The lowest BCUT2D eigenvalue weighted by Crippen LogP contribution is -2.41. The van der Waals surface area contributed by atoms with Gasteiger partial charge in [-0.15, -0.1) is 0 Å². The van der Waals surface area contributed by atoms with Gasteiger partial charge in [0.1, 0.15) is 17.5 Å². The van der Waals surface area contributed by atoms with Gasteiger partial charge in [-0.2, -0.15) is 0 Å². The predicted octanol–water partition coefficient (Wildman–Crippen LogP) is 11.9. The standard InChI is InChI=1S/C16H19BF3NO2.C10H7BrF3N.C8H5BrFN.C3H6F2/c1-15(2)16(3,4)23-17(22-15)12-7-10(18)8-13-11(12)5-6-21(13)9-14(19)20;11-8-3-6(12)4-9-7(8)1-2-15(9)5-10(13)14;9-7-3-5(10)4-8-6(7)1-2-11-8;1-2-3(4)5/h5-8,14H,9H2,1-4H3;1-4,10H,5H2;1-4,11H;3H,2H2,1H3. The Morgan fingerprint density at radius 3 is 1.59 bits per heavy atom. The Balaban J connectivity index is 0.000000180. The maximum atomic E-state index is 14.0. The minimum Gasteiger partial charge on any atom is -0.399 e. The van der Waals surface area contributed by atoms with Crippen molar-refractivity contribution in [3.8, 4) is 0 Å². The fourth-order valence-electron chi connectivity index (χ4n) is 5.38. The van der Waals surface area contributed by atoms with Gasteiger partial charge in [-0.25, -0.2) is 39.5 Å². The fourth-order valence-corrected chi connectivity index (χ4v) is 6.49. The number of fused-ring (bicyclic) bond motifs is 3. The summed E-state index contributed by atoms with van der Waals surface area (Å²) in [5.41, 5.74) is 1.12. The van der Waals surface area contributed by atoms with Gasteiger partial charge in [0, 0.05) is 50.2 Å². The Morgan fingerprint density at radius 1 is 0.648 bits per heavy atom. The Labute approximate surface area is 323 Å². The topological polar surface area (TPSA) is 44.1 Å². The second-order valence-electron chi connectivity index (χ2n) is 13.2. The molecule has 292 valence electrons. The number of nitrogens with one attached hydrogen (secondary N) is 1. The van der Waals surface area contributed by atoms with Crippen molar-refractivity contribution >= 4 is 77.1 Å². The Morgan fingerprint density at radius 2 is 1.09 bits per heavy atom. The molecule has 3 aromatic heterocycles. The van der Waals surface area contributed by atoms with Crippen molar-refractivity contribution in [1.29, 1.82) is 0 Å². The lowest BCUT2D eigenvalue weighted by molar-refractivity contribution is 0.00578. The van der Waals surface area contributed by atoms with E-state index in [-0.39, 0.29) is 12.2 Å². The molecule has 1 aliphatic heterocycles. The summed E-state index contributed by atoms with van der Waals surface area (Å²) in [5.74, 6) is -1.17. The molecule has 1 N–H and O–H groups in total. The quantitative estimate of drug-likeness (QED) is 0.134. The number of nitrogens with zero attached hydrogens (tertiary/aromatic N) is 2. The van der Waals surface area contributed by atoms with E-state index in [0.29, 0.717) is 26.4 Å². The lowest BCUT2D eigenvalue weighted by Gasteiger charge is -2.32. The van der Waals surface area contributed by atoms with Gasteiger partial charge in [0.25, 0.3) is 12.9 Å². The number of benzene rings is 3. The van der Waals surface area contributed by atoms with E-state index < -0.39 is 62.3 Å². The average molecular weight is 897 g/mol.